The second-order valence-electron chi connectivity index (χ2n) is 7.26. The molecule has 0 amide bonds. The quantitative estimate of drug-likeness (QED) is 0.523. The highest BCUT2D eigenvalue weighted by Crippen LogP contribution is 2.18. The van der Waals surface area contributed by atoms with E-state index >= 15 is 0 Å². The van der Waals surface area contributed by atoms with Crippen LogP contribution in [-0.4, -0.2) is 42.2 Å². The Kier molecular flexibility index (Phi) is 5.34. The van der Waals surface area contributed by atoms with Crippen LogP contribution in [0.2, 0.25) is 0 Å². The largest absolute Gasteiger partial charge is 0.419 e. The van der Waals surface area contributed by atoms with Gasteiger partial charge in [0.25, 0.3) is 0 Å². The zero-order valence-electron chi connectivity index (χ0n) is 15.8. The Hall–Kier alpha value is -2.80. The molecule has 0 saturated carbocycles. The molecule has 3 aromatic rings. The van der Waals surface area contributed by atoms with Crippen LogP contribution < -0.4 is 16.4 Å². The van der Waals surface area contributed by atoms with Gasteiger partial charge in [0.15, 0.2) is 5.58 Å². The van der Waals surface area contributed by atoms with Crippen molar-refractivity contribution < 1.29 is 8.81 Å². The molecule has 2 N–H and O–H groups in total. The molecule has 0 aliphatic carbocycles. The Balaban J connectivity index is 1.24. The molecule has 0 radical (unpaired) electrons. The molecule has 0 atom stereocenters. The first kappa shape index (κ1) is 18.6. The van der Waals surface area contributed by atoms with Gasteiger partial charge < -0.3 is 15.1 Å². The summed E-state index contributed by atoms with van der Waals surface area (Å²) < 4.78 is 20.0. The number of rotatable bonds is 6. The summed E-state index contributed by atoms with van der Waals surface area (Å²) in [7, 11) is 0. The minimum atomic E-state index is -0.325. The molecule has 28 heavy (non-hydrogen) atoms. The van der Waals surface area contributed by atoms with Crippen LogP contribution in [0.15, 0.2) is 51.7 Å². The van der Waals surface area contributed by atoms with Gasteiger partial charge in [-0.05, 0) is 55.8 Å². The zero-order valence-corrected chi connectivity index (χ0v) is 15.8. The zero-order chi connectivity index (χ0) is 19.5. The molecule has 2 aromatic carbocycles. The number of nitrogen functional groups attached to an aromatic ring is 1. The molecule has 2 heterocycles. The maximum absolute atomic E-state index is 13.1. The summed E-state index contributed by atoms with van der Waals surface area (Å²) in [6.45, 7) is 5.52. The lowest BCUT2D eigenvalue weighted by molar-refractivity contribution is 0.251. The van der Waals surface area contributed by atoms with Gasteiger partial charge in [-0.15, -0.1) is 0 Å². The lowest BCUT2D eigenvalue weighted by atomic mass is 10.2. The van der Waals surface area contributed by atoms with Crippen LogP contribution in [0.3, 0.4) is 0 Å². The SMILES string of the molecule is Nc1ccc2c(c1)oc(=O)n2CCCCN1CCN(c2ccc(F)cc2)CC1. The van der Waals surface area contributed by atoms with Crippen molar-refractivity contribution in [2.24, 2.45) is 0 Å². The normalized spacial score (nSPS) is 15.4. The summed E-state index contributed by atoms with van der Waals surface area (Å²) in [6.07, 6.45) is 1.93. The number of fused-ring (bicyclic) bond motifs is 1. The van der Waals surface area contributed by atoms with Crippen LogP contribution in [0.1, 0.15) is 12.8 Å². The number of oxazole rings is 1. The number of benzene rings is 2. The molecule has 6 nitrogen and oxygen atoms in total. The maximum Gasteiger partial charge on any atom is 0.419 e. The van der Waals surface area contributed by atoms with Gasteiger partial charge in [-0.2, -0.15) is 0 Å². The summed E-state index contributed by atoms with van der Waals surface area (Å²) in [4.78, 5) is 16.8. The van der Waals surface area contributed by atoms with E-state index in [1.54, 1.807) is 16.7 Å². The Morgan fingerprint density at radius 1 is 0.964 bits per heavy atom. The molecule has 1 saturated heterocycles. The number of unbranched alkanes of at least 4 members (excludes halogenated alkanes) is 1. The highest BCUT2D eigenvalue weighted by Gasteiger charge is 2.17. The first-order chi connectivity index (χ1) is 13.6. The average Bonchev–Trinajstić information content (AvgIpc) is 3.00. The van der Waals surface area contributed by atoms with E-state index in [0.29, 0.717) is 17.8 Å². The first-order valence-electron chi connectivity index (χ1n) is 9.72. The van der Waals surface area contributed by atoms with Crippen LogP contribution in [0.25, 0.3) is 11.1 Å². The Morgan fingerprint density at radius 2 is 1.68 bits per heavy atom. The summed E-state index contributed by atoms with van der Waals surface area (Å²) in [6, 6.07) is 12.0. The van der Waals surface area contributed by atoms with Crippen molar-refractivity contribution in [3.8, 4) is 0 Å². The van der Waals surface area contributed by atoms with Gasteiger partial charge in [-0.25, -0.2) is 9.18 Å². The van der Waals surface area contributed by atoms with E-state index in [1.807, 2.05) is 18.2 Å². The van der Waals surface area contributed by atoms with E-state index in [2.05, 4.69) is 9.80 Å². The molecular weight excluding hydrogens is 359 g/mol. The van der Waals surface area contributed by atoms with Crippen molar-refractivity contribution in [2.45, 2.75) is 19.4 Å². The van der Waals surface area contributed by atoms with Crippen LogP contribution in [0.4, 0.5) is 15.8 Å². The Bertz CT molecular complexity index is 988. The van der Waals surface area contributed by atoms with Gasteiger partial charge in [0, 0.05) is 50.2 Å². The van der Waals surface area contributed by atoms with Crippen LogP contribution in [0.5, 0.6) is 0 Å². The van der Waals surface area contributed by atoms with Crippen molar-refractivity contribution in [3.63, 3.8) is 0 Å². The van der Waals surface area contributed by atoms with Crippen LogP contribution in [0, 0.1) is 5.82 Å². The number of hydrogen-bond donors (Lipinski definition) is 1. The third kappa shape index (κ3) is 4.04. The molecule has 4 rings (SSSR count). The topological polar surface area (TPSA) is 67.6 Å². The third-order valence-corrected chi connectivity index (χ3v) is 5.36. The molecule has 1 aromatic heterocycles. The number of hydrogen-bond acceptors (Lipinski definition) is 5. The lowest BCUT2D eigenvalue weighted by Crippen LogP contribution is -2.46. The number of nitrogens with zero attached hydrogens (tertiary/aromatic N) is 3. The summed E-state index contributed by atoms with van der Waals surface area (Å²) in [5.41, 5.74) is 8.75. The fourth-order valence-electron chi connectivity index (χ4n) is 3.78. The lowest BCUT2D eigenvalue weighted by Gasteiger charge is -2.36. The smallest absolute Gasteiger partial charge is 0.408 e. The summed E-state index contributed by atoms with van der Waals surface area (Å²) in [5, 5.41) is 0. The van der Waals surface area contributed by atoms with Crippen molar-refractivity contribution in [3.05, 3.63) is 58.8 Å². The van der Waals surface area contributed by atoms with E-state index in [4.69, 9.17) is 10.2 Å². The van der Waals surface area contributed by atoms with Crippen molar-refractivity contribution in [1.29, 1.82) is 0 Å². The van der Waals surface area contributed by atoms with Gasteiger partial charge in [0.2, 0.25) is 0 Å². The predicted octanol–water partition coefficient (Wildman–Crippen LogP) is 2.92. The van der Waals surface area contributed by atoms with Gasteiger partial charge in [-0.1, -0.05) is 0 Å². The number of halogens is 1. The van der Waals surface area contributed by atoms with Crippen molar-refractivity contribution in [1.82, 2.24) is 9.47 Å². The van der Waals surface area contributed by atoms with Gasteiger partial charge in [0.1, 0.15) is 5.82 Å². The molecule has 0 bridgehead atoms. The van der Waals surface area contributed by atoms with E-state index in [0.717, 1.165) is 56.8 Å². The number of aromatic nitrogens is 1. The van der Waals surface area contributed by atoms with Gasteiger partial charge in [0.05, 0.1) is 5.52 Å². The van der Waals surface area contributed by atoms with E-state index in [-0.39, 0.29) is 11.6 Å². The average molecular weight is 384 g/mol. The van der Waals surface area contributed by atoms with Crippen molar-refractivity contribution in [2.75, 3.05) is 43.4 Å². The molecule has 0 spiro atoms. The molecule has 1 aliphatic heterocycles. The fraction of sp³-hybridized carbons (Fsp3) is 0.381. The molecular formula is C21H25FN4O2. The number of nitrogens with two attached hydrogens (primary N) is 1. The number of anilines is 2. The second-order valence-corrected chi connectivity index (χ2v) is 7.26. The van der Waals surface area contributed by atoms with E-state index in [1.165, 1.54) is 12.1 Å². The number of piperazine rings is 1. The Labute approximate surface area is 162 Å². The predicted molar refractivity (Wildman–Crippen MR) is 109 cm³/mol. The van der Waals surface area contributed by atoms with E-state index in [9.17, 15) is 9.18 Å². The van der Waals surface area contributed by atoms with Crippen LogP contribution >= 0.6 is 0 Å². The highest BCUT2D eigenvalue weighted by atomic mass is 19.1. The second kappa shape index (κ2) is 8.06. The third-order valence-electron chi connectivity index (χ3n) is 5.36. The maximum atomic E-state index is 13.1. The standard InChI is InChI=1S/C21H25FN4O2/c22-16-3-6-18(7-4-16)25-13-11-24(12-14-25)9-1-2-10-26-19-8-5-17(23)15-20(19)28-21(26)27/h3-8,15H,1-2,9-14,23H2. The molecule has 1 aliphatic rings. The molecule has 0 unspecified atom stereocenters. The van der Waals surface area contributed by atoms with Crippen molar-refractivity contribution >= 4 is 22.5 Å². The molecule has 148 valence electrons. The first-order valence-corrected chi connectivity index (χ1v) is 9.72. The van der Waals surface area contributed by atoms with Crippen LogP contribution in [-0.2, 0) is 6.54 Å². The molecule has 7 heteroatoms. The fourth-order valence-corrected chi connectivity index (χ4v) is 3.78. The van der Waals surface area contributed by atoms with E-state index < -0.39 is 0 Å². The Morgan fingerprint density at radius 3 is 2.43 bits per heavy atom. The monoisotopic (exact) mass is 384 g/mol. The minimum Gasteiger partial charge on any atom is -0.408 e. The number of aryl methyl sites for hydroxylation is 1. The highest BCUT2D eigenvalue weighted by molar-refractivity contribution is 5.76. The minimum absolute atomic E-state index is 0.199. The van der Waals surface area contributed by atoms with Gasteiger partial charge in [-0.3, -0.25) is 9.47 Å². The van der Waals surface area contributed by atoms with Gasteiger partial charge >= 0.3 is 5.76 Å². The summed E-state index contributed by atoms with van der Waals surface area (Å²) >= 11 is 0. The summed E-state index contributed by atoms with van der Waals surface area (Å²) in [5.74, 6) is -0.524. The molecule has 1 fully saturated rings.